The van der Waals surface area contributed by atoms with Gasteiger partial charge in [-0.3, -0.25) is 0 Å². The Morgan fingerprint density at radius 3 is 2.65 bits per heavy atom. The molecule has 1 heterocycles. The third-order valence-corrected chi connectivity index (χ3v) is 2.79. The fourth-order valence-corrected chi connectivity index (χ4v) is 1.85. The van der Waals surface area contributed by atoms with Crippen LogP contribution < -0.4 is 0 Å². The number of hydrogen-bond acceptors (Lipinski definition) is 2. The molecular formula is C15H26O2. The van der Waals surface area contributed by atoms with Crippen molar-refractivity contribution in [3.8, 4) is 0 Å². The lowest BCUT2D eigenvalue weighted by Gasteiger charge is -2.15. The first-order valence-corrected chi connectivity index (χ1v) is 6.77. The highest BCUT2D eigenvalue weighted by Crippen LogP contribution is 2.22. The van der Waals surface area contributed by atoms with Gasteiger partial charge in [-0.05, 0) is 33.1 Å². The Bertz CT molecular complexity index is 254. The Morgan fingerprint density at radius 1 is 1.18 bits per heavy atom. The molecule has 17 heavy (non-hydrogen) atoms. The molecule has 0 radical (unpaired) electrons. The molecule has 1 atom stereocenters. The van der Waals surface area contributed by atoms with E-state index in [1.54, 1.807) is 0 Å². The van der Waals surface area contributed by atoms with Gasteiger partial charge in [0, 0.05) is 0 Å². The molecule has 1 fully saturated rings. The highest BCUT2D eigenvalue weighted by Gasteiger charge is 2.30. The molecule has 1 aliphatic rings. The average molecular weight is 238 g/mol. The fraction of sp³-hybridized carbons (Fsp3) is 0.733. The molecule has 0 unspecified atom stereocenters. The minimum Gasteiger partial charge on any atom is -0.347 e. The summed E-state index contributed by atoms with van der Waals surface area (Å²) < 4.78 is 11.2. The van der Waals surface area contributed by atoms with Crippen LogP contribution in [0.4, 0.5) is 0 Å². The van der Waals surface area contributed by atoms with E-state index in [4.69, 9.17) is 9.47 Å². The van der Waals surface area contributed by atoms with Crippen molar-refractivity contribution in [2.75, 3.05) is 6.61 Å². The third kappa shape index (κ3) is 6.64. The van der Waals surface area contributed by atoms with Gasteiger partial charge in [-0.1, -0.05) is 44.1 Å². The molecule has 1 rings (SSSR count). The molecule has 0 aliphatic carbocycles. The lowest BCUT2D eigenvalue weighted by atomic mass is 10.2. The van der Waals surface area contributed by atoms with Gasteiger partial charge in [-0.2, -0.15) is 0 Å². The zero-order valence-electron chi connectivity index (χ0n) is 11.4. The maximum Gasteiger partial charge on any atom is 0.163 e. The maximum absolute atomic E-state index is 5.68. The minimum atomic E-state index is -0.412. The first-order valence-electron chi connectivity index (χ1n) is 6.77. The molecule has 0 aromatic rings. The number of hydrogen-bond donors (Lipinski definition) is 0. The van der Waals surface area contributed by atoms with Crippen molar-refractivity contribution in [2.24, 2.45) is 0 Å². The Kier molecular flexibility index (Phi) is 6.53. The number of allylic oxidation sites excluding steroid dienone is 3. The molecule has 0 amide bonds. The maximum atomic E-state index is 5.68. The van der Waals surface area contributed by atoms with Crippen molar-refractivity contribution in [3.63, 3.8) is 0 Å². The summed E-state index contributed by atoms with van der Waals surface area (Å²) in [7, 11) is 0. The molecule has 0 bridgehead atoms. The van der Waals surface area contributed by atoms with E-state index in [-0.39, 0.29) is 6.10 Å². The van der Waals surface area contributed by atoms with E-state index >= 15 is 0 Å². The van der Waals surface area contributed by atoms with Crippen LogP contribution in [0.1, 0.15) is 52.9 Å². The van der Waals surface area contributed by atoms with Crippen LogP contribution in [0.25, 0.3) is 0 Å². The Morgan fingerprint density at radius 2 is 2.00 bits per heavy atom. The monoisotopic (exact) mass is 238 g/mol. The smallest absolute Gasteiger partial charge is 0.163 e. The lowest BCUT2D eigenvalue weighted by molar-refractivity contribution is -0.133. The van der Waals surface area contributed by atoms with E-state index in [2.05, 4.69) is 31.2 Å². The molecule has 0 N–H and O–H groups in total. The van der Waals surface area contributed by atoms with E-state index in [9.17, 15) is 0 Å². The van der Waals surface area contributed by atoms with Crippen LogP contribution in [0.5, 0.6) is 0 Å². The summed E-state index contributed by atoms with van der Waals surface area (Å²) in [6.45, 7) is 6.81. The third-order valence-electron chi connectivity index (χ3n) is 2.79. The van der Waals surface area contributed by atoms with E-state index < -0.39 is 5.79 Å². The van der Waals surface area contributed by atoms with E-state index in [1.165, 1.54) is 25.7 Å². The summed E-state index contributed by atoms with van der Waals surface area (Å²) in [5, 5.41) is 0. The van der Waals surface area contributed by atoms with Crippen LogP contribution in [0.3, 0.4) is 0 Å². The highest BCUT2D eigenvalue weighted by atomic mass is 16.7. The summed E-state index contributed by atoms with van der Waals surface area (Å²) in [6, 6.07) is 0. The Hall–Kier alpha value is -0.600. The van der Waals surface area contributed by atoms with Gasteiger partial charge < -0.3 is 9.47 Å². The first-order chi connectivity index (χ1) is 8.14. The number of ether oxygens (including phenoxy) is 2. The second-order valence-electron chi connectivity index (χ2n) is 5.00. The molecule has 1 saturated heterocycles. The second kappa shape index (κ2) is 7.67. The molecule has 0 spiro atoms. The van der Waals surface area contributed by atoms with Gasteiger partial charge >= 0.3 is 0 Å². The van der Waals surface area contributed by atoms with Crippen molar-refractivity contribution in [1.82, 2.24) is 0 Å². The van der Waals surface area contributed by atoms with E-state index in [1.807, 2.05) is 13.8 Å². The summed E-state index contributed by atoms with van der Waals surface area (Å²) in [4.78, 5) is 0. The molecular weight excluding hydrogens is 212 g/mol. The quantitative estimate of drug-likeness (QED) is 0.488. The molecule has 0 aromatic carbocycles. The zero-order chi connectivity index (χ0) is 12.6. The largest absolute Gasteiger partial charge is 0.347 e. The Labute approximate surface area is 106 Å². The van der Waals surface area contributed by atoms with Gasteiger partial charge in [-0.25, -0.2) is 0 Å². The summed E-state index contributed by atoms with van der Waals surface area (Å²) in [5.74, 6) is -0.412. The van der Waals surface area contributed by atoms with Gasteiger partial charge in [0.15, 0.2) is 5.79 Å². The summed E-state index contributed by atoms with van der Waals surface area (Å²) in [6.07, 6.45) is 15.0. The standard InChI is InChI=1S/C15H26O2/c1-4-5-6-7-8-9-10-11-12-14-13-16-15(2,3)17-14/h8-9,11-12,14H,4-7,10,13H2,1-3H3/b9-8-,12-11-/t14-/m0/s1. The number of rotatable bonds is 7. The van der Waals surface area contributed by atoms with Crippen LogP contribution in [-0.4, -0.2) is 18.5 Å². The Balaban J connectivity index is 2.06. The molecule has 1 aliphatic heterocycles. The van der Waals surface area contributed by atoms with E-state index in [0.29, 0.717) is 6.61 Å². The van der Waals surface area contributed by atoms with E-state index in [0.717, 1.165) is 6.42 Å². The molecule has 2 nitrogen and oxygen atoms in total. The van der Waals surface area contributed by atoms with Crippen LogP contribution in [0.2, 0.25) is 0 Å². The first kappa shape index (κ1) is 14.5. The molecule has 0 saturated carbocycles. The van der Waals surface area contributed by atoms with Gasteiger partial charge in [0.2, 0.25) is 0 Å². The molecule has 98 valence electrons. The van der Waals surface area contributed by atoms with Crippen molar-refractivity contribution in [1.29, 1.82) is 0 Å². The van der Waals surface area contributed by atoms with Crippen molar-refractivity contribution in [3.05, 3.63) is 24.3 Å². The van der Waals surface area contributed by atoms with Crippen molar-refractivity contribution < 1.29 is 9.47 Å². The predicted molar refractivity (Wildman–Crippen MR) is 71.9 cm³/mol. The topological polar surface area (TPSA) is 18.5 Å². The zero-order valence-corrected chi connectivity index (χ0v) is 11.4. The van der Waals surface area contributed by atoms with Crippen LogP contribution in [-0.2, 0) is 9.47 Å². The van der Waals surface area contributed by atoms with Gasteiger partial charge in [0.25, 0.3) is 0 Å². The van der Waals surface area contributed by atoms with Gasteiger partial charge in [0.05, 0.1) is 6.61 Å². The van der Waals surface area contributed by atoms with Gasteiger partial charge in [-0.15, -0.1) is 0 Å². The fourth-order valence-electron chi connectivity index (χ4n) is 1.85. The number of unbranched alkanes of at least 4 members (excludes halogenated alkanes) is 3. The summed E-state index contributed by atoms with van der Waals surface area (Å²) >= 11 is 0. The predicted octanol–water partition coefficient (Wildman–Crippen LogP) is 4.22. The molecule has 0 aromatic heterocycles. The molecule has 2 heteroatoms. The summed E-state index contributed by atoms with van der Waals surface area (Å²) in [5.41, 5.74) is 0. The SMILES string of the molecule is CCCCC/C=C\C/C=C\[C@H]1COC(C)(C)O1. The van der Waals surface area contributed by atoms with Crippen molar-refractivity contribution >= 4 is 0 Å². The lowest BCUT2D eigenvalue weighted by Crippen LogP contribution is -2.20. The van der Waals surface area contributed by atoms with Crippen LogP contribution >= 0.6 is 0 Å². The minimum absolute atomic E-state index is 0.124. The normalized spacial score (nSPS) is 24.1. The second-order valence-corrected chi connectivity index (χ2v) is 5.00. The van der Waals surface area contributed by atoms with Crippen LogP contribution in [0.15, 0.2) is 24.3 Å². The van der Waals surface area contributed by atoms with Crippen LogP contribution in [0, 0.1) is 0 Å². The average Bonchev–Trinajstić information content (AvgIpc) is 2.62. The highest BCUT2D eigenvalue weighted by molar-refractivity contribution is 4.98. The van der Waals surface area contributed by atoms with Crippen molar-refractivity contribution in [2.45, 2.75) is 64.8 Å². The van der Waals surface area contributed by atoms with Gasteiger partial charge in [0.1, 0.15) is 6.10 Å².